The summed E-state index contributed by atoms with van der Waals surface area (Å²) in [5, 5.41) is 4.58. The van der Waals surface area contributed by atoms with Gasteiger partial charge in [-0.1, -0.05) is 43.0 Å². The molecule has 1 fully saturated rings. The summed E-state index contributed by atoms with van der Waals surface area (Å²) in [5.41, 5.74) is 7.56. The number of hydrogen-bond acceptors (Lipinski definition) is 2. The van der Waals surface area contributed by atoms with E-state index in [-0.39, 0.29) is 0 Å². The third-order valence-electron chi connectivity index (χ3n) is 4.00. The lowest BCUT2D eigenvalue weighted by Gasteiger charge is -2.30. The minimum atomic E-state index is 0.507. The van der Waals surface area contributed by atoms with Crippen LogP contribution in [0.3, 0.4) is 0 Å². The van der Waals surface area contributed by atoms with E-state index in [1.807, 2.05) is 6.07 Å². The van der Waals surface area contributed by atoms with Gasteiger partial charge in [-0.15, -0.1) is 0 Å². The molecule has 0 bridgehead atoms. The van der Waals surface area contributed by atoms with Crippen molar-refractivity contribution in [3.63, 3.8) is 0 Å². The Balaban J connectivity index is 1.94. The van der Waals surface area contributed by atoms with Crippen LogP contribution in [-0.4, -0.2) is 6.04 Å². The third-order valence-corrected chi connectivity index (χ3v) is 4.72. The predicted molar refractivity (Wildman–Crippen MR) is 85.2 cm³/mol. The number of nitrogens with one attached hydrogen (secondary N) is 1. The first-order chi connectivity index (χ1) is 9.10. The van der Waals surface area contributed by atoms with E-state index < -0.39 is 0 Å². The predicted octanol–water partition coefficient (Wildman–Crippen LogP) is 5.35. The Morgan fingerprint density at radius 2 is 1.79 bits per heavy atom. The average molecular weight is 301 g/mol. The van der Waals surface area contributed by atoms with Crippen LogP contribution in [0.25, 0.3) is 0 Å². The minimum Gasteiger partial charge on any atom is -0.397 e. The molecule has 1 saturated carbocycles. The van der Waals surface area contributed by atoms with E-state index in [2.05, 4.69) is 12.2 Å². The highest BCUT2D eigenvalue weighted by atomic mass is 35.5. The van der Waals surface area contributed by atoms with Crippen molar-refractivity contribution in [2.75, 3.05) is 11.1 Å². The fourth-order valence-electron chi connectivity index (χ4n) is 2.91. The Labute approximate surface area is 125 Å². The zero-order valence-electron chi connectivity index (χ0n) is 11.4. The van der Waals surface area contributed by atoms with Gasteiger partial charge >= 0.3 is 0 Å². The van der Waals surface area contributed by atoms with Crippen molar-refractivity contribution in [3.05, 3.63) is 22.2 Å². The fourth-order valence-corrected chi connectivity index (χ4v) is 3.25. The summed E-state index contributed by atoms with van der Waals surface area (Å²) >= 11 is 12.0. The number of halogens is 2. The maximum absolute atomic E-state index is 6.04. The number of rotatable bonds is 4. The Hall–Kier alpha value is -0.600. The molecule has 0 aromatic heterocycles. The van der Waals surface area contributed by atoms with Gasteiger partial charge in [0.1, 0.15) is 0 Å². The van der Waals surface area contributed by atoms with Crippen molar-refractivity contribution < 1.29 is 0 Å². The summed E-state index contributed by atoms with van der Waals surface area (Å²) in [4.78, 5) is 0. The van der Waals surface area contributed by atoms with Crippen molar-refractivity contribution in [2.24, 2.45) is 5.92 Å². The first-order valence-corrected chi connectivity index (χ1v) is 7.86. The molecule has 0 heterocycles. The van der Waals surface area contributed by atoms with E-state index >= 15 is 0 Å². The molecule has 2 nitrogen and oxygen atoms in total. The lowest BCUT2D eigenvalue weighted by atomic mass is 9.83. The van der Waals surface area contributed by atoms with Gasteiger partial charge < -0.3 is 11.1 Å². The number of anilines is 2. The van der Waals surface area contributed by atoms with Crippen LogP contribution in [0.15, 0.2) is 12.1 Å². The molecule has 19 heavy (non-hydrogen) atoms. The second kappa shape index (κ2) is 6.71. The molecule has 0 radical (unpaired) electrons. The van der Waals surface area contributed by atoms with Crippen LogP contribution in [0.5, 0.6) is 0 Å². The van der Waals surface area contributed by atoms with Gasteiger partial charge in [-0.2, -0.15) is 0 Å². The number of nitrogens with two attached hydrogens (primary N) is 1. The van der Waals surface area contributed by atoms with Crippen molar-refractivity contribution in [1.82, 2.24) is 0 Å². The zero-order chi connectivity index (χ0) is 13.8. The van der Waals surface area contributed by atoms with Gasteiger partial charge in [-0.3, -0.25) is 0 Å². The normalized spacial score (nSPS) is 23.3. The molecule has 0 aliphatic heterocycles. The Kier molecular flexibility index (Phi) is 5.23. The fraction of sp³-hybridized carbons (Fsp3) is 0.600. The molecule has 0 amide bonds. The second-order valence-electron chi connectivity index (χ2n) is 5.50. The Morgan fingerprint density at radius 3 is 2.42 bits per heavy atom. The lowest BCUT2D eigenvalue weighted by molar-refractivity contribution is 0.319. The molecule has 2 rings (SSSR count). The smallest absolute Gasteiger partial charge is 0.0614 e. The molecule has 1 aromatic rings. The highest BCUT2D eigenvalue weighted by Crippen LogP contribution is 2.34. The van der Waals surface area contributed by atoms with Gasteiger partial charge in [0, 0.05) is 6.04 Å². The van der Waals surface area contributed by atoms with E-state index in [0.717, 1.165) is 11.6 Å². The van der Waals surface area contributed by atoms with Gasteiger partial charge in [0.05, 0.1) is 21.4 Å². The van der Waals surface area contributed by atoms with Crippen molar-refractivity contribution in [2.45, 2.75) is 51.5 Å². The van der Waals surface area contributed by atoms with Crippen LogP contribution in [0, 0.1) is 5.92 Å². The maximum Gasteiger partial charge on any atom is 0.0614 e. The molecule has 4 heteroatoms. The largest absolute Gasteiger partial charge is 0.397 e. The molecule has 0 spiro atoms. The summed E-state index contributed by atoms with van der Waals surface area (Å²) in [5.74, 6) is 0.911. The molecular formula is C15H22Cl2N2. The molecule has 0 unspecified atom stereocenters. The number of hydrogen-bond donors (Lipinski definition) is 2. The van der Waals surface area contributed by atoms with Crippen LogP contribution in [0.1, 0.15) is 45.4 Å². The minimum absolute atomic E-state index is 0.507. The van der Waals surface area contributed by atoms with Crippen molar-refractivity contribution in [3.8, 4) is 0 Å². The monoisotopic (exact) mass is 300 g/mol. The van der Waals surface area contributed by atoms with E-state index in [9.17, 15) is 0 Å². The first kappa shape index (κ1) is 14.8. The lowest BCUT2D eigenvalue weighted by Crippen LogP contribution is -2.26. The Bertz CT molecular complexity index is 426. The van der Waals surface area contributed by atoms with E-state index in [4.69, 9.17) is 28.9 Å². The van der Waals surface area contributed by atoms with Gasteiger partial charge in [-0.25, -0.2) is 0 Å². The summed E-state index contributed by atoms with van der Waals surface area (Å²) < 4.78 is 0. The van der Waals surface area contributed by atoms with Crippen molar-refractivity contribution in [1.29, 1.82) is 0 Å². The van der Waals surface area contributed by atoms with Gasteiger partial charge in [0.2, 0.25) is 0 Å². The maximum atomic E-state index is 6.04. The second-order valence-corrected chi connectivity index (χ2v) is 6.32. The van der Waals surface area contributed by atoms with Crippen LogP contribution in [0.4, 0.5) is 11.4 Å². The summed E-state index contributed by atoms with van der Waals surface area (Å²) in [7, 11) is 0. The summed E-state index contributed by atoms with van der Waals surface area (Å²) in [6.45, 7) is 2.26. The van der Waals surface area contributed by atoms with Crippen LogP contribution < -0.4 is 11.1 Å². The standard InChI is InChI=1S/C15H22Cl2N2/c1-2-3-10-4-6-11(7-5-10)19-15-9-13(17)12(16)8-14(15)18/h8-11,19H,2-7,18H2,1H3. The summed E-state index contributed by atoms with van der Waals surface area (Å²) in [6.07, 6.45) is 7.71. The number of nitrogen functional groups attached to an aromatic ring is 1. The molecule has 0 saturated heterocycles. The summed E-state index contributed by atoms with van der Waals surface area (Å²) in [6, 6.07) is 4.05. The molecule has 106 valence electrons. The quantitative estimate of drug-likeness (QED) is 0.736. The molecule has 1 aliphatic rings. The average Bonchev–Trinajstić information content (AvgIpc) is 2.38. The molecule has 1 aromatic carbocycles. The van der Waals surface area contributed by atoms with Crippen LogP contribution in [0.2, 0.25) is 10.0 Å². The molecule has 0 atom stereocenters. The number of benzene rings is 1. The third kappa shape index (κ3) is 3.93. The first-order valence-electron chi connectivity index (χ1n) is 7.11. The molecular weight excluding hydrogens is 279 g/mol. The highest BCUT2D eigenvalue weighted by Gasteiger charge is 2.21. The molecule has 3 N–H and O–H groups in total. The van der Waals surface area contributed by atoms with Gasteiger partial charge in [0.15, 0.2) is 0 Å². The van der Waals surface area contributed by atoms with Crippen LogP contribution in [-0.2, 0) is 0 Å². The van der Waals surface area contributed by atoms with Crippen LogP contribution >= 0.6 is 23.2 Å². The Morgan fingerprint density at radius 1 is 1.16 bits per heavy atom. The van der Waals surface area contributed by atoms with Gasteiger partial charge in [0.25, 0.3) is 0 Å². The zero-order valence-corrected chi connectivity index (χ0v) is 12.9. The van der Waals surface area contributed by atoms with Gasteiger partial charge in [-0.05, 0) is 43.7 Å². The topological polar surface area (TPSA) is 38.0 Å². The highest BCUT2D eigenvalue weighted by molar-refractivity contribution is 6.42. The van der Waals surface area contributed by atoms with E-state index in [1.54, 1.807) is 6.07 Å². The van der Waals surface area contributed by atoms with E-state index in [0.29, 0.717) is 21.8 Å². The molecule has 1 aliphatic carbocycles. The SMILES string of the molecule is CCCC1CCC(Nc2cc(Cl)c(Cl)cc2N)CC1. The van der Waals surface area contributed by atoms with Crippen molar-refractivity contribution >= 4 is 34.6 Å². The van der Waals surface area contributed by atoms with E-state index in [1.165, 1.54) is 38.5 Å².